The number of hydrogen-bond acceptors (Lipinski definition) is 6. The van der Waals surface area contributed by atoms with E-state index < -0.39 is 34.9 Å². The van der Waals surface area contributed by atoms with Crippen molar-refractivity contribution >= 4 is 38.7 Å². The molecule has 0 amide bonds. The lowest BCUT2D eigenvalue weighted by Crippen LogP contribution is -2.28. The second kappa shape index (κ2) is 8.70. The molecule has 2 aromatic heterocycles. The lowest BCUT2D eigenvalue weighted by Gasteiger charge is -2.20. The van der Waals surface area contributed by atoms with Crippen LogP contribution in [0.4, 0.5) is 17.6 Å². The molecule has 0 unspecified atom stereocenters. The van der Waals surface area contributed by atoms with Gasteiger partial charge in [0, 0.05) is 39.8 Å². The van der Waals surface area contributed by atoms with Crippen LogP contribution >= 0.6 is 0 Å². The molecule has 0 saturated heterocycles. The molecule has 214 valence electrons. The van der Waals surface area contributed by atoms with Gasteiger partial charge in [-0.15, -0.1) is 0 Å². The topological polar surface area (TPSA) is 77.1 Å². The van der Waals surface area contributed by atoms with Crippen LogP contribution in [-0.4, -0.2) is 22.1 Å². The van der Waals surface area contributed by atoms with Gasteiger partial charge in [-0.1, -0.05) is 18.2 Å². The molecule has 0 bridgehead atoms. The number of para-hydroxylation sites is 1. The molecule has 43 heavy (non-hydrogen) atoms. The third-order valence-electron chi connectivity index (χ3n) is 8.27. The minimum Gasteiger partial charge on any atom is -0.506 e. The highest BCUT2D eigenvalue weighted by atomic mass is 19.2. The van der Waals surface area contributed by atoms with E-state index in [0.717, 1.165) is 16.3 Å². The first-order valence-electron chi connectivity index (χ1n) is 13.5. The molecule has 0 radical (unpaired) electrons. The molecule has 8 rings (SSSR count). The Bertz CT molecular complexity index is 2230. The molecule has 0 fully saturated rings. The van der Waals surface area contributed by atoms with Gasteiger partial charge in [-0.2, -0.15) is 0 Å². The van der Waals surface area contributed by atoms with E-state index in [1.54, 1.807) is 36.4 Å². The van der Waals surface area contributed by atoms with E-state index in [1.807, 2.05) is 31.2 Å². The number of fused-ring (bicyclic) bond motifs is 7. The first-order valence-corrected chi connectivity index (χ1v) is 13.5. The van der Waals surface area contributed by atoms with Crippen molar-refractivity contribution in [3.63, 3.8) is 0 Å². The monoisotopic (exact) mass is 584 g/mol. The van der Waals surface area contributed by atoms with Crippen molar-refractivity contribution in [2.45, 2.75) is 31.9 Å². The number of rotatable bonds is 3. The Morgan fingerprint density at radius 1 is 0.930 bits per heavy atom. The molecule has 4 aromatic carbocycles. The first kappa shape index (κ1) is 25.6. The van der Waals surface area contributed by atoms with E-state index in [2.05, 4.69) is 9.98 Å². The number of aryl methyl sites for hydroxylation is 1. The second-order valence-electron chi connectivity index (χ2n) is 11.0. The summed E-state index contributed by atoms with van der Waals surface area (Å²) in [6.45, 7) is 3.37. The lowest BCUT2D eigenvalue weighted by molar-refractivity contribution is 0.160. The van der Waals surface area contributed by atoms with Gasteiger partial charge >= 0.3 is 0 Å². The number of aromatic nitrogens is 1. The first-order chi connectivity index (χ1) is 20.6. The van der Waals surface area contributed by atoms with E-state index >= 15 is 4.39 Å². The fraction of sp³-hybridized carbons (Fsp3) is 0.152. The summed E-state index contributed by atoms with van der Waals surface area (Å²) in [7, 11) is 0. The Kier molecular flexibility index (Phi) is 5.17. The van der Waals surface area contributed by atoms with Crippen molar-refractivity contribution in [3.05, 3.63) is 106 Å². The summed E-state index contributed by atoms with van der Waals surface area (Å²) < 4.78 is 76.5. The smallest absolute Gasteiger partial charge is 0.221 e. The molecule has 1 aliphatic carbocycles. The van der Waals surface area contributed by atoms with Crippen LogP contribution in [0.3, 0.4) is 0 Å². The van der Waals surface area contributed by atoms with Gasteiger partial charge in [-0.05, 0) is 55.8 Å². The van der Waals surface area contributed by atoms with E-state index in [0.29, 0.717) is 33.4 Å². The molecule has 10 heteroatoms. The Balaban J connectivity index is 1.29. The summed E-state index contributed by atoms with van der Waals surface area (Å²) in [4.78, 5) is 9.11. The predicted octanol–water partition coefficient (Wildman–Crippen LogP) is 8.11. The molecule has 6 aromatic rings. The molecule has 3 heterocycles. The molecule has 2 aliphatic rings. The molecule has 2 atom stereocenters. The fourth-order valence-corrected chi connectivity index (χ4v) is 6.26. The molecule has 6 nitrogen and oxygen atoms in total. The van der Waals surface area contributed by atoms with E-state index in [9.17, 15) is 18.3 Å². The summed E-state index contributed by atoms with van der Waals surface area (Å²) in [5, 5.41) is 12.6. The van der Waals surface area contributed by atoms with Crippen LogP contribution in [0, 0.1) is 30.2 Å². The number of phenols is 1. The van der Waals surface area contributed by atoms with Gasteiger partial charge in [0.05, 0.1) is 5.56 Å². The number of halogens is 4. The number of aliphatic imine (C=N–C) groups is 1. The highest BCUT2D eigenvalue weighted by Gasteiger charge is 2.54. The summed E-state index contributed by atoms with van der Waals surface area (Å²) in [6.07, 6.45) is -1.12. The molecule has 0 spiro atoms. The van der Waals surface area contributed by atoms with Crippen molar-refractivity contribution in [1.82, 2.24) is 4.98 Å². The number of nitrogens with zero attached hydrogens (tertiary/aromatic N) is 2. The van der Waals surface area contributed by atoms with E-state index in [4.69, 9.17) is 13.9 Å². The Labute approximate surface area is 240 Å². The van der Waals surface area contributed by atoms with Crippen LogP contribution in [0.25, 0.3) is 32.8 Å². The van der Waals surface area contributed by atoms with Crippen molar-refractivity contribution < 1.29 is 36.6 Å². The van der Waals surface area contributed by atoms with Crippen molar-refractivity contribution in [3.8, 4) is 17.4 Å². The normalized spacial score (nSPS) is 19.1. The van der Waals surface area contributed by atoms with Gasteiger partial charge in [0.25, 0.3) is 0 Å². The maximum atomic E-state index is 15.0. The third-order valence-corrected chi connectivity index (χ3v) is 8.27. The Morgan fingerprint density at radius 2 is 1.72 bits per heavy atom. The predicted molar refractivity (Wildman–Crippen MR) is 151 cm³/mol. The summed E-state index contributed by atoms with van der Waals surface area (Å²) in [5.74, 6) is -6.05. The number of ether oxygens (including phenoxy) is 2. The zero-order chi connectivity index (χ0) is 29.8. The summed E-state index contributed by atoms with van der Waals surface area (Å²) in [5.41, 5.74) is 0.438. The molecule has 1 N–H and O–H groups in total. The minimum absolute atomic E-state index is 0.0196. The van der Waals surface area contributed by atoms with Gasteiger partial charge in [-0.25, -0.2) is 27.5 Å². The quantitative estimate of drug-likeness (QED) is 0.129. The second-order valence-corrected chi connectivity index (χ2v) is 11.0. The molecular weight excluding hydrogens is 564 g/mol. The summed E-state index contributed by atoms with van der Waals surface area (Å²) >= 11 is 0. The van der Waals surface area contributed by atoms with E-state index in [-0.39, 0.29) is 35.1 Å². The van der Waals surface area contributed by atoms with Crippen LogP contribution in [-0.2, 0) is 16.7 Å². The molecule has 0 saturated carbocycles. The van der Waals surface area contributed by atoms with Crippen LogP contribution in [0.15, 0.2) is 70.1 Å². The zero-order valence-electron chi connectivity index (χ0n) is 22.6. The lowest BCUT2D eigenvalue weighted by atomic mass is 9.92. The third kappa shape index (κ3) is 3.58. The number of hydrogen-bond donors (Lipinski definition) is 1. The van der Waals surface area contributed by atoms with Crippen molar-refractivity contribution in [2.24, 2.45) is 4.99 Å². The average molecular weight is 585 g/mol. The van der Waals surface area contributed by atoms with E-state index in [1.165, 1.54) is 6.92 Å². The number of phenolic OH excluding ortho intramolecular Hbond substituents is 1. The highest BCUT2D eigenvalue weighted by Crippen LogP contribution is 2.50. The number of aromatic hydroxyl groups is 1. The van der Waals surface area contributed by atoms with Crippen LogP contribution in [0.2, 0.25) is 0 Å². The largest absolute Gasteiger partial charge is 0.506 e. The standard InChI is InChI=1S/C33H20F4N2O4/c1-14-9-15-7-8-24(38-30(15)21(40)10-14)41-16-11-18-17-5-3-4-6-22(17)42-31(18)20(12-16)32-39-33(2)23(43-32)13-19-25(33)27(35)29(37)28(36)26(19)34/h3-12,23,40H,13H2,1-2H3/t23-,33-/m1/s1. The minimum atomic E-state index is -1.89. The zero-order valence-corrected chi connectivity index (χ0v) is 22.6. The number of benzene rings is 4. The Hall–Kier alpha value is -5.12. The van der Waals surface area contributed by atoms with Crippen LogP contribution < -0.4 is 4.74 Å². The average Bonchev–Trinajstić information content (AvgIpc) is 3.61. The SMILES string of the molecule is Cc1cc(O)c2nc(Oc3cc(C4=N[C@@]5(C)c6c(F)c(F)c(F)c(F)c6C[C@H]5O4)c4oc5ccccc5c4c3)ccc2c1. The van der Waals surface area contributed by atoms with Crippen molar-refractivity contribution in [2.75, 3.05) is 0 Å². The number of pyridine rings is 1. The Morgan fingerprint density at radius 3 is 2.56 bits per heavy atom. The van der Waals surface area contributed by atoms with Gasteiger partial charge in [-0.3, -0.25) is 0 Å². The number of furan rings is 1. The van der Waals surface area contributed by atoms with Crippen LogP contribution in [0.5, 0.6) is 17.4 Å². The van der Waals surface area contributed by atoms with Gasteiger partial charge in [0.1, 0.15) is 39.8 Å². The molecular formula is C33H20F4N2O4. The highest BCUT2D eigenvalue weighted by molar-refractivity contribution is 6.14. The fourth-order valence-electron chi connectivity index (χ4n) is 6.26. The maximum Gasteiger partial charge on any atom is 0.221 e. The van der Waals surface area contributed by atoms with Gasteiger partial charge in [0.2, 0.25) is 11.8 Å². The van der Waals surface area contributed by atoms with Crippen molar-refractivity contribution in [1.29, 1.82) is 0 Å². The van der Waals surface area contributed by atoms with Crippen LogP contribution in [0.1, 0.15) is 29.2 Å². The van der Waals surface area contributed by atoms with Gasteiger partial charge in [0.15, 0.2) is 23.3 Å². The summed E-state index contributed by atoms with van der Waals surface area (Å²) in [6, 6.07) is 17.7. The molecule has 1 aliphatic heterocycles. The van der Waals surface area contributed by atoms with Gasteiger partial charge < -0.3 is 19.0 Å². The maximum absolute atomic E-state index is 15.0.